The van der Waals surface area contributed by atoms with Crippen LogP contribution in [0.2, 0.25) is 0 Å². The van der Waals surface area contributed by atoms with E-state index in [-0.39, 0.29) is 6.03 Å². The minimum absolute atomic E-state index is 0.0258. The molecule has 0 atom stereocenters. The monoisotopic (exact) mass is 327 g/mol. The van der Waals surface area contributed by atoms with Gasteiger partial charge in [-0.15, -0.1) is 0 Å². The average molecular weight is 327 g/mol. The van der Waals surface area contributed by atoms with Crippen molar-refractivity contribution >= 4 is 17.1 Å². The lowest BCUT2D eigenvalue weighted by Crippen LogP contribution is -2.51. The van der Waals surface area contributed by atoms with Crippen LogP contribution in [0.4, 0.5) is 4.79 Å². The molecule has 24 heavy (non-hydrogen) atoms. The molecule has 1 aromatic heterocycles. The molecule has 1 aliphatic heterocycles. The summed E-state index contributed by atoms with van der Waals surface area (Å²) in [5.41, 5.74) is 4.27. The van der Waals surface area contributed by atoms with Crippen molar-refractivity contribution in [2.24, 2.45) is 0 Å². The summed E-state index contributed by atoms with van der Waals surface area (Å²) < 4.78 is 0. The highest BCUT2D eigenvalue weighted by Gasteiger charge is 2.20. The number of nitrogens with zero attached hydrogens (tertiary/aromatic N) is 3. The van der Waals surface area contributed by atoms with E-state index in [0.29, 0.717) is 6.54 Å². The number of hydrogen-bond acceptors (Lipinski definition) is 3. The van der Waals surface area contributed by atoms with Crippen LogP contribution < -0.4 is 5.32 Å². The van der Waals surface area contributed by atoms with E-state index >= 15 is 0 Å². The number of fused-ring (bicyclic) bond motifs is 1. The number of benzene rings is 1. The molecule has 1 aliphatic rings. The van der Waals surface area contributed by atoms with E-state index in [0.717, 1.165) is 60.7 Å². The van der Waals surface area contributed by atoms with Gasteiger partial charge in [0.25, 0.3) is 0 Å². The Hall–Kier alpha value is -2.34. The van der Waals surface area contributed by atoms with E-state index in [1.54, 1.807) is 0 Å². The van der Waals surface area contributed by atoms with Crippen LogP contribution in [0.1, 0.15) is 18.3 Å². The quantitative estimate of drug-likeness (QED) is 0.847. The van der Waals surface area contributed by atoms with Crippen molar-refractivity contribution in [2.75, 3.05) is 32.7 Å². The fourth-order valence-corrected chi connectivity index (χ4v) is 3.07. The Bertz CT molecular complexity index is 743. The number of H-pyrrole nitrogens is 1. The van der Waals surface area contributed by atoms with Crippen molar-refractivity contribution < 1.29 is 4.79 Å². The second-order valence-electron chi connectivity index (χ2n) is 6.53. The number of nitrogens with one attached hydrogen (secondary N) is 2. The number of aromatic amines is 1. The van der Waals surface area contributed by atoms with Gasteiger partial charge in [-0.2, -0.15) is 0 Å². The predicted molar refractivity (Wildman–Crippen MR) is 95.9 cm³/mol. The second kappa shape index (κ2) is 7.05. The Morgan fingerprint density at radius 2 is 2.08 bits per heavy atom. The van der Waals surface area contributed by atoms with Crippen LogP contribution in [0, 0.1) is 6.92 Å². The van der Waals surface area contributed by atoms with Gasteiger partial charge >= 0.3 is 6.03 Å². The first-order chi connectivity index (χ1) is 11.5. The lowest BCUT2D eigenvalue weighted by atomic mass is 10.2. The molecule has 0 radical (unpaired) electrons. The summed E-state index contributed by atoms with van der Waals surface area (Å²) in [6, 6.07) is 6.02. The zero-order valence-electron chi connectivity index (χ0n) is 14.4. The third-order valence-corrected chi connectivity index (χ3v) is 4.32. The molecule has 0 unspecified atom stereocenters. The number of amides is 2. The van der Waals surface area contributed by atoms with Crippen molar-refractivity contribution in [3.63, 3.8) is 0 Å². The highest BCUT2D eigenvalue weighted by molar-refractivity contribution is 5.79. The summed E-state index contributed by atoms with van der Waals surface area (Å²) >= 11 is 0. The number of rotatable bonds is 4. The molecule has 0 bridgehead atoms. The third kappa shape index (κ3) is 3.76. The Morgan fingerprint density at radius 3 is 2.75 bits per heavy atom. The zero-order valence-corrected chi connectivity index (χ0v) is 14.4. The van der Waals surface area contributed by atoms with Crippen molar-refractivity contribution in [3.8, 4) is 0 Å². The molecule has 1 fully saturated rings. The zero-order chi connectivity index (χ0) is 17.1. The molecular weight excluding hydrogens is 302 g/mol. The van der Waals surface area contributed by atoms with Crippen LogP contribution >= 0.6 is 0 Å². The first kappa shape index (κ1) is 16.5. The molecule has 0 saturated carbocycles. The van der Waals surface area contributed by atoms with E-state index < -0.39 is 0 Å². The van der Waals surface area contributed by atoms with Crippen LogP contribution in [0.3, 0.4) is 0 Å². The molecule has 0 spiro atoms. The fraction of sp³-hybridized carbons (Fsp3) is 0.444. The standard InChI is InChI=1S/C18H25N5O/c1-13(2)12-22-7-9-23(10-8-22)18(24)19-11-16-20-15-6-4-5-14(3)17(15)21-16/h4-6H,1,7-12H2,2-3H3,(H,19,24)(H,20,21). The maximum Gasteiger partial charge on any atom is 0.317 e. The minimum atomic E-state index is -0.0258. The molecule has 1 aromatic carbocycles. The molecule has 1 saturated heterocycles. The van der Waals surface area contributed by atoms with E-state index in [9.17, 15) is 4.79 Å². The van der Waals surface area contributed by atoms with Gasteiger partial charge in [-0.1, -0.05) is 24.3 Å². The molecule has 6 heteroatoms. The van der Waals surface area contributed by atoms with E-state index in [1.165, 1.54) is 0 Å². The number of para-hydroxylation sites is 1. The van der Waals surface area contributed by atoms with E-state index in [1.807, 2.05) is 36.9 Å². The molecule has 3 rings (SSSR count). The van der Waals surface area contributed by atoms with Crippen molar-refractivity contribution in [3.05, 3.63) is 41.7 Å². The minimum Gasteiger partial charge on any atom is -0.340 e. The average Bonchev–Trinajstić information content (AvgIpc) is 2.97. The van der Waals surface area contributed by atoms with Crippen LogP contribution in [-0.2, 0) is 6.54 Å². The number of urea groups is 1. The Morgan fingerprint density at radius 1 is 1.33 bits per heavy atom. The maximum atomic E-state index is 12.3. The van der Waals surface area contributed by atoms with Crippen LogP contribution in [0.15, 0.2) is 30.4 Å². The lowest BCUT2D eigenvalue weighted by Gasteiger charge is -2.34. The molecular formula is C18H25N5O. The number of aromatic nitrogens is 2. The Labute approximate surface area is 142 Å². The smallest absolute Gasteiger partial charge is 0.317 e. The largest absolute Gasteiger partial charge is 0.340 e. The molecule has 0 aliphatic carbocycles. The third-order valence-electron chi connectivity index (χ3n) is 4.32. The number of piperazine rings is 1. The van der Waals surface area contributed by atoms with E-state index in [2.05, 4.69) is 26.8 Å². The van der Waals surface area contributed by atoms with Crippen LogP contribution in [0.5, 0.6) is 0 Å². The number of aryl methyl sites for hydroxylation is 1. The predicted octanol–water partition coefficient (Wildman–Crippen LogP) is 2.27. The van der Waals surface area contributed by atoms with Crippen molar-refractivity contribution in [1.29, 1.82) is 0 Å². The molecule has 2 aromatic rings. The number of imidazole rings is 1. The number of carbonyl (C=O) groups excluding carboxylic acids is 1. The highest BCUT2D eigenvalue weighted by atomic mass is 16.2. The van der Waals surface area contributed by atoms with Gasteiger partial charge < -0.3 is 15.2 Å². The molecule has 2 heterocycles. The summed E-state index contributed by atoms with van der Waals surface area (Å²) in [6.07, 6.45) is 0. The van der Waals surface area contributed by atoms with Gasteiger partial charge in [0.15, 0.2) is 0 Å². The van der Waals surface area contributed by atoms with Gasteiger partial charge in [-0.3, -0.25) is 4.90 Å². The van der Waals surface area contributed by atoms with Gasteiger partial charge in [0.2, 0.25) is 0 Å². The molecule has 2 amide bonds. The van der Waals surface area contributed by atoms with Gasteiger partial charge in [0.05, 0.1) is 17.6 Å². The van der Waals surface area contributed by atoms with Crippen molar-refractivity contribution in [1.82, 2.24) is 25.1 Å². The Balaban J connectivity index is 1.52. The van der Waals surface area contributed by atoms with Gasteiger partial charge in [-0.25, -0.2) is 9.78 Å². The highest BCUT2D eigenvalue weighted by Crippen LogP contribution is 2.15. The first-order valence-corrected chi connectivity index (χ1v) is 8.36. The fourth-order valence-electron chi connectivity index (χ4n) is 3.07. The van der Waals surface area contributed by atoms with Gasteiger partial charge in [0.1, 0.15) is 5.82 Å². The summed E-state index contributed by atoms with van der Waals surface area (Å²) in [5, 5.41) is 2.96. The SMILES string of the molecule is C=C(C)CN1CCN(C(=O)NCc2nc3c(C)cccc3[nH]2)CC1. The van der Waals surface area contributed by atoms with Crippen molar-refractivity contribution in [2.45, 2.75) is 20.4 Å². The Kier molecular flexibility index (Phi) is 4.85. The molecule has 2 N–H and O–H groups in total. The molecule has 128 valence electrons. The maximum absolute atomic E-state index is 12.3. The van der Waals surface area contributed by atoms with Crippen LogP contribution in [-0.4, -0.2) is 58.5 Å². The summed E-state index contributed by atoms with van der Waals surface area (Å²) in [4.78, 5) is 24.3. The van der Waals surface area contributed by atoms with Crippen LogP contribution in [0.25, 0.3) is 11.0 Å². The second-order valence-corrected chi connectivity index (χ2v) is 6.53. The lowest BCUT2D eigenvalue weighted by molar-refractivity contribution is 0.145. The first-order valence-electron chi connectivity index (χ1n) is 8.36. The van der Waals surface area contributed by atoms with Gasteiger partial charge in [-0.05, 0) is 25.5 Å². The summed E-state index contributed by atoms with van der Waals surface area (Å²) in [7, 11) is 0. The number of carbonyl (C=O) groups is 1. The van der Waals surface area contributed by atoms with E-state index in [4.69, 9.17) is 0 Å². The summed E-state index contributed by atoms with van der Waals surface area (Å²) in [6.45, 7) is 12.6. The topological polar surface area (TPSA) is 64.3 Å². The van der Waals surface area contributed by atoms with Gasteiger partial charge in [0, 0.05) is 32.7 Å². The number of hydrogen-bond donors (Lipinski definition) is 2. The summed E-state index contributed by atoms with van der Waals surface area (Å²) in [5.74, 6) is 0.786. The molecule has 6 nitrogen and oxygen atoms in total. The normalized spacial score (nSPS) is 15.7.